The van der Waals surface area contributed by atoms with Crippen LogP contribution >= 0.6 is 0 Å². The highest BCUT2D eigenvalue weighted by atomic mass is 32.2. The number of aliphatic carboxylic acids is 1. The van der Waals surface area contributed by atoms with Gasteiger partial charge >= 0.3 is 12.1 Å². The van der Waals surface area contributed by atoms with Gasteiger partial charge in [0.15, 0.2) is 5.82 Å². The summed E-state index contributed by atoms with van der Waals surface area (Å²) < 4.78 is 87.1. The largest absolute Gasteiger partial charge is 0.490 e. The number of halogens is 5. The van der Waals surface area contributed by atoms with Gasteiger partial charge in [0.2, 0.25) is 10.0 Å². The van der Waals surface area contributed by atoms with Crippen molar-refractivity contribution in [3.05, 3.63) is 64.9 Å². The number of anilines is 3. The first-order chi connectivity index (χ1) is 20.8. The second kappa shape index (κ2) is 12.2. The number of likely N-dealkylation sites (N-methyl/N-ethyl adjacent to an activating group) is 1. The molecule has 244 valence electrons. The normalized spacial score (nSPS) is 16.9. The van der Waals surface area contributed by atoms with Crippen molar-refractivity contribution in [3.63, 3.8) is 0 Å². The SMILES string of the molecule is CN1CCN(c2ccc(C(=O)Nc3n[nH]c4c3CN(S(=O)(=O)c3cc(F)cc(F)c3)C4(C)C)c(N)c2)CC1.O=C(O)C(F)(F)F. The number of sulfonamides is 1. The van der Waals surface area contributed by atoms with Gasteiger partial charge in [0, 0.05) is 55.7 Å². The molecule has 3 heterocycles. The Kier molecular flexibility index (Phi) is 9.14. The lowest BCUT2D eigenvalue weighted by Crippen LogP contribution is -2.44. The number of piperazine rings is 1. The van der Waals surface area contributed by atoms with E-state index in [0.717, 1.165) is 48.3 Å². The van der Waals surface area contributed by atoms with Gasteiger partial charge in [-0.1, -0.05) is 0 Å². The van der Waals surface area contributed by atoms with Crippen LogP contribution in [0.5, 0.6) is 0 Å². The number of nitrogens with zero attached hydrogens (tertiary/aromatic N) is 4. The molecule has 12 nitrogen and oxygen atoms in total. The van der Waals surface area contributed by atoms with Crippen molar-refractivity contribution in [2.45, 2.75) is 37.0 Å². The summed E-state index contributed by atoms with van der Waals surface area (Å²) in [6, 6.07) is 7.43. The fraction of sp³-hybridized carbons (Fsp3) is 0.370. The number of aromatic nitrogens is 2. The summed E-state index contributed by atoms with van der Waals surface area (Å²) in [5, 5.41) is 16.9. The Balaban J connectivity index is 0.000000591. The summed E-state index contributed by atoms with van der Waals surface area (Å²) in [5.74, 6) is -5.08. The number of rotatable bonds is 5. The molecule has 1 fully saturated rings. The number of H-pyrrole nitrogens is 1. The Morgan fingerprint density at radius 2 is 1.62 bits per heavy atom. The monoisotopic (exact) mass is 659 g/mol. The zero-order valence-corrected chi connectivity index (χ0v) is 25.1. The minimum absolute atomic E-state index is 0.156. The lowest BCUT2D eigenvalue weighted by molar-refractivity contribution is -0.192. The van der Waals surface area contributed by atoms with E-state index in [2.05, 4.69) is 32.4 Å². The van der Waals surface area contributed by atoms with Gasteiger partial charge in [0.1, 0.15) is 11.6 Å². The Morgan fingerprint density at radius 1 is 1.04 bits per heavy atom. The minimum atomic E-state index is -5.08. The van der Waals surface area contributed by atoms with E-state index in [1.54, 1.807) is 26.0 Å². The number of nitrogens with one attached hydrogen (secondary N) is 2. The first-order valence-electron chi connectivity index (χ1n) is 13.3. The van der Waals surface area contributed by atoms with Gasteiger partial charge in [-0.3, -0.25) is 9.89 Å². The first kappa shape index (κ1) is 33.6. The molecule has 5 N–H and O–H groups in total. The number of hydrogen-bond acceptors (Lipinski definition) is 8. The number of alkyl halides is 3. The zero-order chi connectivity index (χ0) is 33.5. The van der Waals surface area contributed by atoms with Gasteiger partial charge < -0.3 is 26.0 Å². The Labute approximate surface area is 254 Å². The number of benzene rings is 2. The highest BCUT2D eigenvalue weighted by molar-refractivity contribution is 7.89. The maximum atomic E-state index is 13.8. The second-order valence-corrected chi connectivity index (χ2v) is 12.8. The van der Waals surface area contributed by atoms with E-state index in [0.29, 0.717) is 23.0 Å². The third-order valence-corrected chi connectivity index (χ3v) is 9.45. The number of carbonyl (C=O) groups excluding carboxylic acids is 1. The molecule has 1 aromatic heterocycles. The molecule has 1 saturated heterocycles. The minimum Gasteiger partial charge on any atom is -0.475 e. The van der Waals surface area contributed by atoms with Gasteiger partial charge in [-0.2, -0.15) is 22.6 Å². The van der Waals surface area contributed by atoms with Crippen LogP contribution in [0.2, 0.25) is 0 Å². The Bertz CT molecular complexity index is 1700. The molecule has 0 aliphatic carbocycles. The quantitative estimate of drug-likeness (QED) is 0.238. The third kappa shape index (κ3) is 7.02. The molecular formula is C27H30F5N7O5S. The summed E-state index contributed by atoms with van der Waals surface area (Å²) in [7, 11) is -2.22. The average Bonchev–Trinajstić information content (AvgIpc) is 3.46. The van der Waals surface area contributed by atoms with Crippen LogP contribution in [0, 0.1) is 11.6 Å². The molecular weight excluding hydrogens is 629 g/mol. The van der Waals surface area contributed by atoms with Crippen LogP contribution in [-0.2, 0) is 26.9 Å². The molecule has 5 rings (SSSR count). The van der Waals surface area contributed by atoms with Crippen molar-refractivity contribution in [2.24, 2.45) is 0 Å². The maximum absolute atomic E-state index is 13.8. The lowest BCUT2D eigenvalue weighted by Gasteiger charge is -2.34. The molecule has 1 amide bonds. The zero-order valence-electron chi connectivity index (χ0n) is 24.2. The molecule has 45 heavy (non-hydrogen) atoms. The lowest BCUT2D eigenvalue weighted by atomic mass is 10.0. The third-order valence-electron chi connectivity index (χ3n) is 7.45. The average molecular weight is 660 g/mol. The smallest absolute Gasteiger partial charge is 0.475 e. The maximum Gasteiger partial charge on any atom is 0.490 e. The van der Waals surface area contributed by atoms with Gasteiger partial charge in [0.25, 0.3) is 5.91 Å². The summed E-state index contributed by atoms with van der Waals surface area (Å²) in [4.78, 5) is 26.0. The fourth-order valence-electron chi connectivity index (χ4n) is 4.98. The second-order valence-electron chi connectivity index (χ2n) is 10.9. The van der Waals surface area contributed by atoms with E-state index in [-0.39, 0.29) is 17.9 Å². The number of aromatic amines is 1. The summed E-state index contributed by atoms with van der Waals surface area (Å²) in [5.41, 5.74) is 7.53. The molecule has 0 radical (unpaired) electrons. The van der Waals surface area contributed by atoms with Crippen LogP contribution in [0.25, 0.3) is 0 Å². The number of fused-ring (bicyclic) bond motifs is 1. The van der Waals surface area contributed by atoms with Gasteiger partial charge in [-0.05, 0) is 51.2 Å². The van der Waals surface area contributed by atoms with E-state index < -0.39 is 50.1 Å². The number of nitrogens with two attached hydrogens (primary N) is 1. The number of nitrogen functional groups attached to an aromatic ring is 1. The van der Waals surface area contributed by atoms with Crippen molar-refractivity contribution in [1.29, 1.82) is 0 Å². The van der Waals surface area contributed by atoms with Crippen LogP contribution < -0.4 is 16.0 Å². The predicted molar refractivity (Wildman–Crippen MR) is 153 cm³/mol. The van der Waals surface area contributed by atoms with Crippen molar-refractivity contribution >= 4 is 39.1 Å². The van der Waals surface area contributed by atoms with E-state index in [4.69, 9.17) is 15.6 Å². The number of carboxylic acid groups (broad SMARTS) is 1. The highest BCUT2D eigenvalue weighted by Gasteiger charge is 2.48. The molecule has 0 bridgehead atoms. The fourth-order valence-corrected chi connectivity index (χ4v) is 6.75. The molecule has 0 spiro atoms. The van der Waals surface area contributed by atoms with Crippen LogP contribution in [-0.4, -0.2) is 84.2 Å². The van der Waals surface area contributed by atoms with E-state index >= 15 is 0 Å². The predicted octanol–water partition coefficient (Wildman–Crippen LogP) is 3.35. The number of amides is 1. The van der Waals surface area contributed by atoms with E-state index in [9.17, 15) is 35.2 Å². The van der Waals surface area contributed by atoms with Crippen LogP contribution in [0.4, 0.5) is 39.1 Å². The summed E-state index contributed by atoms with van der Waals surface area (Å²) in [6.07, 6.45) is -5.08. The van der Waals surface area contributed by atoms with Crippen LogP contribution in [0.15, 0.2) is 41.3 Å². The molecule has 2 aliphatic heterocycles. The number of carbonyl (C=O) groups is 2. The highest BCUT2D eigenvalue weighted by Crippen LogP contribution is 2.44. The molecule has 2 aromatic carbocycles. The Morgan fingerprint density at radius 3 is 2.16 bits per heavy atom. The summed E-state index contributed by atoms with van der Waals surface area (Å²) >= 11 is 0. The van der Waals surface area contributed by atoms with E-state index in [1.165, 1.54) is 0 Å². The van der Waals surface area contributed by atoms with Crippen molar-refractivity contribution < 1.29 is 45.1 Å². The van der Waals surface area contributed by atoms with E-state index in [1.807, 2.05) is 6.07 Å². The van der Waals surface area contributed by atoms with Crippen molar-refractivity contribution in [2.75, 3.05) is 49.2 Å². The topological polar surface area (TPSA) is 165 Å². The van der Waals surface area contributed by atoms with Crippen LogP contribution in [0.1, 0.15) is 35.5 Å². The molecule has 3 aromatic rings. The molecule has 2 aliphatic rings. The molecule has 0 atom stereocenters. The van der Waals surface area contributed by atoms with Crippen molar-refractivity contribution in [1.82, 2.24) is 19.4 Å². The summed E-state index contributed by atoms with van der Waals surface area (Å²) in [6.45, 7) is 6.71. The molecule has 0 saturated carbocycles. The van der Waals surface area contributed by atoms with Crippen LogP contribution in [0.3, 0.4) is 0 Å². The molecule has 0 unspecified atom stereocenters. The first-order valence-corrected chi connectivity index (χ1v) is 14.8. The number of hydrogen-bond donors (Lipinski definition) is 4. The number of carboxylic acids is 1. The van der Waals surface area contributed by atoms with Gasteiger partial charge in [-0.15, -0.1) is 0 Å². The van der Waals surface area contributed by atoms with Crippen molar-refractivity contribution in [3.8, 4) is 0 Å². The van der Waals surface area contributed by atoms with Gasteiger partial charge in [0.05, 0.1) is 21.7 Å². The molecule has 18 heteroatoms. The Hall–Kier alpha value is -4.29. The standard InChI is InChI=1S/C25H29F2N7O3S.C2HF3O2/c1-25(2)22-20(14-34(25)38(36,37)18-11-15(26)10-16(27)12-18)23(31-30-22)29-24(35)19-5-4-17(13-21(19)28)33-8-6-32(3)7-9-33;3-2(4,5)1(6)7/h4-5,10-13H,6-9,14,28H2,1-3H3,(H2,29,30,31,35);(H,6,7). The van der Waals surface area contributed by atoms with Gasteiger partial charge in [-0.25, -0.2) is 22.0 Å².